The Morgan fingerprint density at radius 1 is 1.12 bits per heavy atom. The number of hydrogen-bond donors (Lipinski definition) is 1. The van der Waals surface area contributed by atoms with Gasteiger partial charge in [-0.2, -0.15) is 0 Å². The maximum atomic E-state index is 12.5. The van der Waals surface area contributed by atoms with Gasteiger partial charge in [-0.05, 0) is 90.0 Å². The Labute approximate surface area is 205 Å². The number of benzene rings is 1. The van der Waals surface area contributed by atoms with Gasteiger partial charge in [-0.15, -0.1) is 0 Å². The minimum Gasteiger partial charge on any atom is -0.542 e. The molecule has 0 bridgehead atoms. The van der Waals surface area contributed by atoms with E-state index in [-0.39, 0.29) is 22.7 Å². The van der Waals surface area contributed by atoms with Crippen molar-refractivity contribution in [3.8, 4) is 5.75 Å². The first-order chi connectivity index (χ1) is 14.4. The highest BCUT2D eigenvalue weighted by atomic mass is 35.5. The number of carbonyl (C=O) groups is 1. The molecule has 32 heavy (non-hydrogen) atoms. The van der Waals surface area contributed by atoms with Gasteiger partial charge in [-0.3, -0.25) is 0 Å². The predicted molar refractivity (Wildman–Crippen MR) is 137 cm³/mol. The van der Waals surface area contributed by atoms with Gasteiger partial charge in [0.25, 0.3) is 8.32 Å². The van der Waals surface area contributed by atoms with E-state index in [0.717, 1.165) is 18.4 Å². The van der Waals surface area contributed by atoms with Crippen molar-refractivity contribution in [2.75, 3.05) is 14.1 Å². The molecule has 1 aromatic rings. The lowest BCUT2D eigenvalue weighted by Crippen LogP contribution is -2.53. The summed E-state index contributed by atoms with van der Waals surface area (Å²) in [5, 5.41) is 4.22. The van der Waals surface area contributed by atoms with Gasteiger partial charge in [-0.1, -0.05) is 44.0 Å². The van der Waals surface area contributed by atoms with Crippen LogP contribution in [-0.2, 0) is 11.2 Å². The van der Waals surface area contributed by atoms with E-state index >= 15 is 0 Å². The average Bonchev–Trinajstić information content (AvgIpc) is 3.33. The van der Waals surface area contributed by atoms with Gasteiger partial charge in [0.05, 0.1) is 15.6 Å². The molecule has 1 atom stereocenters. The highest BCUT2D eigenvalue weighted by Gasteiger charge is 2.52. The zero-order valence-electron chi connectivity index (χ0n) is 21.3. The van der Waals surface area contributed by atoms with Gasteiger partial charge in [0.15, 0.2) is 0 Å². The first-order valence-electron chi connectivity index (χ1n) is 11.2. The van der Waals surface area contributed by atoms with Crippen molar-refractivity contribution < 1.29 is 14.0 Å². The van der Waals surface area contributed by atoms with E-state index in [1.54, 1.807) is 0 Å². The third-order valence-electron chi connectivity index (χ3n) is 6.45. The molecule has 182 valence electrons. The zero-order chi connectivity index (χ0) is 24.7. The van der Waals surface area contributed by atoms with Crippen LogP contribution in [-0.4, -0.2) is 50.6 Å². The normalized spacial score (nSPS) is 17.2. The Balaban J connectivity index is 2.23. The number of hydrogen-bond acceptors (Lipinski definition) is 4. The van der Waals surface area contributed by atoms with E-state index in [4.69, 9.17) is 32.4 Å². The molecular formula is C24H40Cl2N2O3Si. The molecule has 1 aliphatic rings. The predicted octanol–water partition coefficient (Wildman–Crippen LogP) is 6.91. The minimum absolute atomic E-state index is 0.0417. The van der Waals surface area contributed by atoms with E-state index in [1.807, 2.05) is 47.0 Å². The van der Waals surface area contributed by atoms with Gasteiger partial charge < -0.3 is 19.4 Å². The monoisotopic (exact) mass is 502 g/mol. The Kier molecular flexibility index (Phi) is 7.98. The fourth-order valence-electron chi connectivity index (χ4n) is 3.51. The molecule has 1 N–H and O–H groups in total. The maximum absolute atomic E-state index is 12.5. The molecular weight excluding hydrogens is 463 g/mol. The number of nitrogens with zero attached hydrogens (tertiary/aromatic N) is 1. The van der Waals surface area contributed by atoms with Crippen LogP contribution < -0.4 is 9.74 Å². The number of halogens is 2. The van der Waals surface area contributed by atoms with E-state index in [0.29, 0.717) is 22.2 Å². The largest absolute Gasteiger partial charge is 0.542 e. The molecule has 1 unspecified atom stereocenters. The summed E-state index contributed by atoms with van der Waals surface area (Å²) in [7, 11) is 1.98. The molecule has 0 aliphatic heterocycles. The number of ether oxygens (including phenoxy) is 1. The number of alkyl carbamates (subject to hydrolysis) is 1. The number of likely N-dealkylation sites (N-methyl/N-ethyl adjacent to an activating group) is 1. The smallest absolute Gasteiger partial charge is 0.408 e. The Bertz CT molecular complexity index is 818. The molecule has 0 saturated heterocycles. The van der Waals surface area contributed by atoms with Crippen molar-refractivity contribution in [3.63, 3.8) is 0 Å². The molecule has 1 fully saturated rings. The standard InChI is InChI=1S/C24H40Cl2N2O3Si/c1-22(2,3)30-21(29)27-24(11-12-24)19(28(7)8)15-16-13-17(25)20(18(26)14-16)31-32(9,10)23(4,5)6/h13-14,19H,11-12,15H2,1-10H3,(H,27,29). The van der Waals surface area contributed by atoms with Crippen molar-refractivity contribution >= 4 is 37.6 Å². The molecule has 8 heteroatoms. The summed E-state index contributed by atoms with van der Waals surface area (Å²) >= 11 is 13.3. The summed E-state index contributed by atoms with van der Waals surface area (Å²) in [5.41, 5.74) is 0.161. The van der Waals surface area contributed by atoms with Gasteiger partial charge >= 0.3 is 6.09 Å². The number of nitrogens with one attached hydrogen (secondary N) is 1. The van der Waals surface area contributed by atoms with Crippen LogP contribution in [0.15, 0.2) is 12.1 Å². The van der Waals surface area contributed by atoms with Crippen LogP contribution in [0.2, 0.25) is 28.2 Å². The lowest BCUT2D eigenvalue weighted by atomic mass is 9.96. The van der Waals surface area contributed by atoms with Crippen LogP contribution in [0, 0.1) is 0 Å². The molecule has 2 rings (SSSR count). The van der Waals surface area contributed by atoms with Crippen LogP contribution in [0.25, 0.3) is 0 Å². The molecule has 1 amide bonds. The maximum Gasteiger partial charge on any atom is 0.408 e. The lowest BCUT2D eigenvalue weighted by molar-refractivity contribution is 0.0460. The molecule has 1 aromatic carbocycles. The number of rotatable bonds is 7. The quantitative estimate of drug-likeness (QED) is 0.411. The van der Waals surface area contributed by atoms with Gasteiger partial charge in [-0.25, -0.2) is 4.79 Å². The van der Waals surface area contributed by atoms with Crippen LogP contribution >= 0.6 is 23.2 Å². The van der Waals surface area contributed by atoms with Gasteiger partial charge in [0.2, 0.25) is 0 Å². The first-order valence-corrected chi connectivity index (χ1v) is 14.9. The number of amides is 1. The fraction of sp³-hybridized carbons (Fsp3) is 0.708. The first kappa shape index (κ1) is 27.3. The summed E-state index contributed by atoms with van der Waals surface area (Å²) in [4.78, 5) is 14.6. The Hall–Kier alpha value is -0.953. The lowest BCUT2D eigenvalue weighted by Gasteiger charge is -2.37. The SMILES string of the molecule is CN(C)C(Cc1cc(Cl)c(O[Si](C)(C)C(C)(C)C)c(Cl)c1)C1(NC(=O)OC(C)(C)C)CC1. The van der Waals surface area contributed by atoms with Crippen molar-refractivity contribution in [2.24, 2.45) is 0 Å². The molecule has 5 nitrogen and oxygen atoms in total. The fourth-order valence-corrected chi connectivity index (χ4v) is 5.29. The third kappa shape index (κ3) is 6.78. The van der Waals surface area contributed by atoms with Crippen molar-refractivity contribution in [3.05, 3.63) is 27.7 Å². The summed E-state index contributed by atoms with van der Waals surface area (Å²) in [6.45, 7) is 16.5. The van der Waals surface area contributed by atoms with E-state index in [2.05, 4.69) is 44.1 Å². The second-order valence-corrected chi connectivity index (χ2v) is 17.3. The molecule has 0 spiro atoms. The zero-order valence-corrected chi connectivity index (χ0v) is 23.8. The average molecular weight is 504 g/mol. The van der Waals surface area contributed by atoms with Gasteiger partial charge in [0.1, 0.15) is 11.4 Å². The van der Waals surface area contributed by atoms with Crippen LogP contribution in [0.1, 0.15) is 59.9 Å². The topological polar surface area (TPSA) is 50.8 Å². The Morgan fingerprint density at radius 2 is 1.62 bits per heavy atom. The van der Waals surface area contributed by atoms with Crippen LogP contribution in [0.3, 0.4) is 0 Å². The van der Waals surface area contributed by atoms with E-state index < -0.39 is 13.9 Å². The number of carbonyl (C=O) groups excluding carboxylic acids is 1. The van der Waals surface area contributed by atoms with Crippen LogP contribution in [0.4, 0.5) is 4.79 Å². The second-order valence-electron chi connectivity index (χ2n) is 11.7. The molecule has 1 aliphatic carbocycles. The highest BCUT2D eigenvalue weighted by molar-refractivity contribution is 6.75. The summed E-state index contributed by atoms with van der Waals surface area (Å²) < 4.78 is 11.9. The molecule has 0 aromatic heterocycles. The summed E-state index contributed by atoms with van der Waals surface area (Å²) in [6.07, 6.45) is 2.13. The Morgan fingerprint density at radius 3 is 2.00 bits per heavy atom. The molecule has 0 radical (unpaired) electrons. The van der Waals surface area contributed by atoms with Crippen LogP contribution in [0.5, 0.6) is 5.75 Å². The van der Waals surface area contributed by atoms with E-state index in [1.165, 1.54) is 0 Å². The summed E-state index contributed by atoms with van der Waals surface area (Å²) in [6, 6.07) is 3.96. The van der Waals surface area contributed by atoms with Gasteiger partial charge in [0, 0.05) is 6.04 Å². The minimum atomic E-state index is -2.07. The van der Waals surface area contributed by atoms with Crippen molar-refractivity contribution in [1.29, 1.82) is 0 Å². The van der Waals surface area contributed by atoms with Crippen molar-refractivity contribution in [1.82, 2.24) is 10.2 Å². The highest BCUT2D eigenvalue weighted by Crippen LogP contribution is 2.45. The molecule has 1 saturated carbocycles. The van der Waals surface area contributed by atoms with Crippen molar-refractivity contribution in [2.45, 2.75) is 96.1 Å². The third-order valence-corrected chi connectivity index (χ3v) is 11.3. The molecule has 0 heterocycles. The summed E-state index contributed by atoms with van der Waals surface area (Å²) in [5.74, 6) is 0.568. The van der Waals surface area contributed by atoms with E-state index in [9.17, 15) is 4.79 Å². The second kappa shape index (κ2) is 9.36.